The van der Waals surface area contributed by atoms with Crippen molar-refractivity contribution in [2.45, 2.75) is 34.1 Å². The van der Waals surface area contributed by atoms with E-state index in [0.717, 1.165) is 12.1 Å². The lowest BCUT2D eigenvalue weighted by Gasteiger charge is -2.10. The third-order valence-electron chi connectivity index (χ3n) is 3.34. The second-order valence-electron chi connectivity index (χ2n) is 5.32. The van der Waals surface area contributed by atoms with Crippen LogP contribution < -0.4 is 5.73 Å². The fourth-order valence-corrected chi connectivity index (χ4v) is 2.57. The molecule has 0 saturated carbocycles. The molecule has 18 heavy (non-hydrogen) atoms. The lowest BCUT2D eigenvalue weighted by molar-refractivity contribution is 1.15. The Morgan fingerprint density at radius 3 is 1.67 bits per heavy atom. The number of anilines is 1. The van der Waals surface area contributed by atoms with Gasteiger partial charge in [-0.25, -0.2) is 0 Å². The first kappa shape index (κ1) is 12.7. The van der Waals surface area contributed by atoms with Crippen LogP contribution in [0, 0.1) is 27.7 Å². The van der Waals surface area contributed by atoms with Gasteiger partial charge in [-0.1, -0.05) is 41.5 Å². The van der Waals surface area contributed by atoms with Crippen molar-refractivity contribution in [2.24, 2.45) is 0 Å². The molecule has 2 aromatic carbocycles. The average molecular weight is 239 g/mol. The van der Waals surface area contributed by atoms with Gasteiger partial charge in [-0.2, -0.15) is 0 Å². The minimum Gasteiger partial charge on any atom is -0.398 e. The molecule has 1 nitrogen and oxygen atoms in total. The molecule has 1 heteroatoms. The second-order valence-corrected chi connectivity index (χ2v) is 5.32. The van der Waals surface area contributed by atoms with Crippen molar-refractivity contribution < 1.29 is 0 Å². The molecule has 0 aromatic heterocycles. The molecule has 0 amide bonds. The summed E-state index contributed by atoms with van der Waals surface area (Å²) in [5, 5.41) is 0. The molecule has 0 aliphatic heterocycles. The number of hydrogen-bond acceptors (Lipinski definition) is 1. The third-order valence-corrected chi connectivity index (χ3v) is 3.34. The van der Waals surface area contributed by atoms with Gasteiger partial charge in [0.15, 0.2) is 0 Å². The summed E-state index contributed by atoms with van der Waals surface area (Å²) in [4.78, 5) is 0. The molecule has 2 N–H and O–H groups in total. The predicted octanol–water partition coefficient (Wildman–Crippen LogP) is 4.09. The van der Waals surface area contributed by atoms with E-state index >= 15 is 0 Å². The Labute approximate surface area is 110 Å². The average Bonchev–Trinajstić information content (AvgIpc) is 2.24. The van der Waals surface area contributed by atoms with Gasteiger partial charge in [0.05, 0.1) is 0 Å². The summed E-state index contributed by atoms with van der Waals surface area (Å²) < 4.78 is 0. The maximum atomic E-state index is 5.99. The maximum absolute atomic E-state index is 5.99. The number of benzene rings is 2. The highest BCUT2D eigenvalue weighted by Gasteiger charge is 2.03. The van der Waals surface area contributed by atoms with Gasteiger partial charge >= 0.3 is 0 Å². The summed E-state index contributed by atoms with van der Waals surface area (Å²) in [7, 11) is 0. The Bertz CT molecular complexity index is 539. The highest BCUT2D eigenvalue weighted by Crippen LogP contribution is 2.21. The molecule has 0 spiro atoms. The van der Waals surface area contributed by atoms with Crippen molar-refractivity contribution in [1.29, 1.82) is 0 Å². The number of nitrogens with two attached hydrogens (primary N) is 1. The minimum atomic E-state index is 0.916. The van der Waals surface area contributed by atoms with Crippen LogP contribution in [0.4, 0.5) is 5.69 Å². The van der Waals surface area contributed by atoms with Crippen LogP contribution in [0.3, 0.4) is 0 Å². The Morgan fingerprint density at radius 2 is 1.17 bits per heavy atom. The molecule has 0 radical (unpaired) electrons. The normalized spacial score (nSPS) is 10.7. The zero-order valence-corrected chi connectivity index (χ0v) is 11.7. The van der Waals surface area contributed by atoms with Crippen molar-refractivity contribution >= 4 is 5.69 Å². The zero-order valence-electron chi connectivity index (χ0n) is 11.7. The van der Waals surface area contributed by atoms with Gasteiger partial charge < -0.3 is 5.73 Å². The fraction of sp³-hybridized carbons (Fsp3) is 0.294. The first-order valence-electron chi connectivity index (χ1n) is 6.38. The standard InChI is InChI=1S/C17H21N/c1-11-5-12(2)7-15(6-11)10-16-8-13(3)17(18)14(4)9-16/h5-9H,10,18H2,1-4H3. The van der Waals surface area contributed by atoms with Crippen LogP contribution in [0.15, 0.2) is 30.3 Å². The Kier molecular flexibility index (Phi) is 3.42. The van der Waals surface area contributed by atoms with E-state index in [2.05, 4.69) is 58.0 Å². The SMILES string of the molecule is Cc1cc(C)cc(Cc2cc(C)c(N)c(C)c2)c1. The molecular formula is C17H21N. The highest BCUT2D eigenvalue weighted by molar-refractivity contribution is 5.55. The molecule has 0 saturated heterocycles. The molecule has 2 rings (SSSR count). The molecule has 0 bridgehead atoms. The van der Waals surface area contributed by atoms with Gasteiger partial charge in [-0.15, -0.1) is 0 Å². The van der Waals surface area contributed by atoms with Crippen LogP contribution in [-0.2, 0) is 6.42 Å². The summed E-state index contributed by atoms with van der Waals surface area (Å²) in [5.41, 5.74) is 14.6. The van der Waals surface area contributed by atoms with E-state index in [1.165, 1.54) is 33.4 Å². The van der Waals surface area contributed by atoms with Gasteiger partial charge in [0.1, 0.15) is 0 Å². The number of rotatable bonds is 2. The Balaban J connectivity index is 2.34. The zero-order chi connectivity index (χ0) is 13.3. The molecule has 0 heterocycles. The molecular weight excluding hydrogens is 218 g/mol. The first-order valence-corrected chi connectivity index (χ1v) is 6.38. The van der Waals surface area contributed by atoms with Crippen molar-refractivity contribution in [3.63, 3.8) is 0 Å². The molecule has 0 fully saturated rings. The molecule has 0 unspecified atom stereocenters. The first-order chi connectivity index (χ1) is 8.45. The molecule has 0 aliphatic carbocycles. The summed E-state index contributed by atoms with van der Waals surface area (Å²) >= 11 is 0. The quantitative estimate of drug-likeness (QED) is 0.785. The van der Waals surface area contributed by atoms with E-state index in [9.17, 15) is 0 Å². The van der Waals surface area contributed by atoms with E-state index in [1.54, 1.807) is 0 Å². The van der Waals surface area contributed by atoms with Crippen molar-refractivity contribution in [2.75, 3.05) is 5.73 Å². The van der Waals surface area contributed by atoms with Gasteiger partial charge in [-0.3, -0.25) is 0 Å². The number of hydrogen-bond donors (Lipinski definition) is 1. The topological polar surface area (TPSA) is 26.0 Å². The number of nitrogen functional groups attached to an aromatic ring is 1. The summed E-state index contributed by atoms with van der Waals surface area (Å²) in [6.07, 6.45) is 0.977. The van der Waals surface area contributed by atoms with Gasteiger partial charge in [0.25, 0.3) is 0 Å². The van der Waals surface area contributed by atoms with Crippen molar-refractivity contribution in [3.8, 4) is 0 Å². The monoisotopic (exact) mass is 239 g/mol. The maximum Gasteiger partial charge on any atom is 0.0373 e. The van der Waals surface area contributed by atoms with E-state index < -0.39 is 0 Å². The fourth-order valence-electron chi connectivity index (χ4n) is 2.57. The van der Waals surface area contributed by atoms with Crippen molar-refractivity contribution in [1.82, 2.24) is 0 Å². The molecule has 94 valence electrons. The highest BCUT2D eigenvalue weighted by atomic mass is 14.6. The smallest absolute Gasteiger partial charge is 0.0373 e. The second kappa shape index (κ2) is 4.85. The molecule has 0 aliphatic rings. The summed E-state index contributed by atoms with van der Waals surface area (Å²) in [6, 6.07) is 11.1. The largest absolute Gasteiger partial charge is 0.398 e. The van der Waals surface area contributed by atoms with E-state index in [4.69, 9.17) is 5.73 Å². The Morgan fingerprint density at radius 1 is 0.722 bits per heavy atom. The van der Waals surface area contributed by atoms with Crippen LogP contribution in [0.25, 0.3) is 0 Å². The summed E-state index contributed by atoms with van der Waals surface area (Å²) in [6.45, 7) is 8.45. The van der Waals surface area contributed by atoms with Crippen LogP contribution >= 0.6 is 0 Å². The van der Waals surface area contributed by atoms with Gasteiger partial charge in [0.2, 0.25) is 0 Å². The molecule has 2 aromatic rings. The summed E-state index contributed by atoms with van der Waals surface area (Å²) in [5.74, 6) is 0. The lowest BCUT2D eigenvalue weighted by atomic mass is 9.97. The van der Waals surface area contributed by atoms with Gasteiger partial charge in [0, 0.05) is 5.69 Å². The van der Waals surface area contributed by atoms with E-state index in [1.807, 2.05) is 0 Å². The minimum absolute atomic E-state index is 0.916. The van der Waals surface area contributed by atoms with Crippen molar-refractivity contribution in [3.05, 3.63) is 63.7 Å². The third kappa shape index (κ3) is 2.73. The number of aryl methyl sites for hydroxylation is 4. The van der Waals surface area contributed by atoms with Crippen LogP contribution in [0.1, 0.15) is 33.4 Å². The lowest BCUT2D eigenvalue weighted by Crippen LogP contribution is -1.97. The van der Waals surface area contributed by atoms with E-state index in [0.29, 0.717) is 0 Å². The Hall–Kier alpha value is -1.76. The van der Waals surface area contributed by atoms with Crippen LogP contribution in [0.2, 0.25) is 0 Å². The van der Waals surface area contributed by atoms with Crippen LogP contribution in [0.5, 0.6) is 0 Å². The predicted molar refractivity (Wildman–Crippen MR) is 79.1 cm³/mol. The van der Waals surface area contributed by atoms with E-state index in [-0.39, 0.29) is 0 Å². The van der Waals surface area contributed by atoms with Gasteiger partial charge in [-0.05, 0) is 56.4 Å². The van der Waals surface area contributed by atoms with Crippen LogP contribution in [-0.4, -0.2) is 0 Å². The molecule has 0 atom stereocenters.